The van der Waals surface area contributed by atoms with Gasteiger partial charge < -0.3 is 0 Å². The molecular weight excluding hydrogens is 345 g/mol. The zero-order chi connectivity index (χ0) is 18.2. The zero-order valence-corrected chi connectivity index (χ0v) is 14.9. The number of rotatable bonds is 3. The molecule has 0 fully saturated rings. The van der Waals surface area contributed by atoms with E-state index in [9.17, 15) is 13.2 Å². The number of benzene rings is 2. The molecule has 0 atom stereocenters. The third kappa shape index (κ3) is 3.58. The average molecular weight is 362 g/mol. The molecule has 6 heteroatoms. The van der Waals surface area contributed by atoms with E-state index in [4.69, 9.17) is 0 Å². The maximum Gasteiger partial charge on any atom is 0.435 e. The van der Waals surface area contributed by atoms with E-state index in [1.165, 1.54) is 4.68 Å². The predicted octanol–water partition coefficient (Wildman–Crippen LogP) is 5.90. The normalized spacial score (nSPS) is 11.8. The van der Waals surface area contributed by atoms with E-state index in [0.29, 0.717) is 16.9 Å². The van der Waals surface area contributed by atoms with Crippen molar-refractivity contribution in [3.8, 4) is 16.9 Å². The lowest BCUT2D eigenvalue weighted by molar-refractivity contribution is -0.141. The number of aryl methyl sites for hydroxylation is 2. The van der Waals surface area contributed by atoms with E-state index in [-0.39, 0.29) is 0 Å². The van der Waals surface area contributed by atoms with Gasteiger partial charge in [0, 0.05) is 10.5 Å². The molecule has 0 radical (unpaired) electrons. The minimum Gasteiger partial charge on any atom is -0.233 e. The Bertz CT molecular complexity index is 896. The first kappa shape index (κ1) is 17.6. The highest BCUT2D eigenvalue weighted by Crippen LogP contribution is 2.34. The van der Waals surface area contributed by atoms with Crippen molar-refractivity contribution in [1.29, 1.82) is 0 Å². The number of nitrogens with zero attached hydrogens (tertiary/aromatic N) is 2. The van der Waals surface area contributed by atoms with Crippen LogP contribution in [0, 0.1) is 13.8 Å². The highest BCUT2D eigenvalue weighted by Gasteiger charge is 2.35. The summed E-state index contributed by atoms with van der Waals surface area (Å²) in [5.41, 5.74) is 2.90. The van der Waals surface area contributed by atoms with Gasteiger partial charge in [-0.15, -0.1) is 11.8 Å². The van der Waals surface area contributed by atoms with Gasteiger partial charge in [0.05, 0.1) is 11.4 Å². The first-order chi connectivity index (χ1) is 11.8. The maximum atomic E-state index is 13.2. The van der Waals surface area contributed by atoms with Crippen LogP contribution in [0.2, 0.25) is 0 Å². The van der Waals surface area contributed by atoms with Crippen molar-refractivity contribution in [2.24, 2.45) is 0 Å². The van der Waals surface area contributed by atoms with Gasteiger partial charge in [0.1, 0.15) is 0 Å². The molecule has 130 valence electrons. The van der Waals surface area contributed by atoms with E-state index in [1.54, 1.807) is 23.9 Å². The first-order valence-corrected chi connectivity index (χ1v) is 8.91. The van der Waals surface area contributed by atoms with Crippen molar-refractivity contribution in [1.82, 2.24) is 9.78 Å². The van der Waals surface area contributed by atoms with Crippen LogP contribution in [0.4, 0.5) is 13.2 Å². The van der Waals surface area contributed by atoms with Crippen LogP contribution in [0.1, 0.15) is 16.8 Å². The fourth-order valence-electron chi connectivity index (χ4n) is 2.65. The summed E-state index contributed by atoms with van der Waals surface area (Å²) in [4.78, 5) is 1.10. The standard InChI is InChI=1S/C19H17F3N2S/c1-12-4-7-15(8-5-12)24-16(11-18(23-24)19(20,21)22)14-6-9-17(25-3)13(2)10-14/h4-11H,1-3H3. The highest BCUT2D eigenvalue weighted by atomic mass is 32.2. The molecule has 0 bridgehead atoms. The van der Waals surface area contributed by atoms with Crippen LogP contribution in [0.3, 0.4) is 0 Å². The zero-order valence-electron chi connectivity index (χ0n) is 14.1. The third-order valence-electron chi connectivity index (χ3n) is 3.97. The maximum absolute atomic E-state index is 13.2. The molecule has 3 aromatic rings. The van der Waals surface area contributed by atoms with Crippen LogP contribution in [-0.2, 0) is 6.18 Å². The summed E-state index contributed by atoms with van der Waals surface area (Å²) in [6.45, 7) is 3.88. The van der Waals surface area contributed by atoms with Crippen molar-refractivity contribution in [3.63, 3.8) is 0 Å². The molecule has 0 aliphatic heterocycles. The smallest absolute Gasteiger partial charge is 0.233 e. The molecule has 25 heavy (non-hydrogen) atoms. The molecule has 2 aromatic carbocycles. The van der Waals surface area contributed by atoms with Crippen LogP contribution in [0.25, 0.3) is 16.9 Å². The van der Waals surface area contributed by atoms with E-state index in [1.807, 2.05) is 50.4 Å². The molecule has 1 aromatic heterocycles. The Kier molecular flexibility index (Phi) is 4.64. The second-order valence-electron chi connectivity index (χ2n) is 5.84. The van der Waals surface area contributed by atoms with Gasteiger partial charge in [-0.05, 0) is 56.0 Å². The minimum absolute atomic E-state index is 0.423. The lowest BCUT2D eigenvalue weighted by Gasteiger charge is -2.10. The lowest BCUT2D eigenvalue weighted by Crippen LogP contribution is -2.07. The Hall–Kier alpha value is -2.21. The van der Waals surface area contributed by atoms with Crippen LogP contribution >= 0.6 is 11.8 Å². The van der Waals surface area contributed by atoms with Gasteiger partial charge in [0.2, 0.25) is 0 Å². The molecule has 0 saturated heterocycles. The van der Waals surface area contributed by atoms with Gasteiger partial charge in [0.25, 0.3) is 0 Å². The molecule has 1 heterocycles. The van der Waals surface area contributed by atoms with Crippen LogP contribution in [-0.4, -0.2) is 16.0 Å². The van der Waals surface area contributed by atoms with Crippen molar-refractivity contribution in [2.45, 2.75) is 24.9 Å². The summed E-state index contributed by atoms with van der Waals surface area (Å²) < 4.78 is 40.9. The van der Waals surface area contributed by atoms with Crippen LogP contribution in [0.5, 0.6) is 0 Å². The largest absolute Gasteiger partial charge is 0.435 e. The van der Waals surface area contributed by atoms with E-state index in [0.717, 1.165) is 22.1 Å². The monoisotopic (exact) mass is 362 g/mol. The average Bonchev–Trinajstić information content (AvgIpc) is 3.01. The number of hydrogen-bond acceptors (Lipinski definition) is 2. The molecule has 3 rings (SSSR count). The predicted molar refractivity (Wildman–Crippen MR) is 95.3 cm³/mol. The van der Waals surface area contributed by atoms with Gasteiger partial charge in [-0.3, -0.25) is 0 Å². The first-order valence-electron chi connectivity index (χ1n) is 7.69. The number of aromatic nitrogens is 2. The number of alkyl halides is 3. The molecule has 0 aliphatic rings. The Morgan fingerprint density at radius 3 is 2.20 bits per heavy atom. The van der Waals surface area contributed by atoms with Crippen molar-refractivity contribution < 1.29 is 13.2 Å². The molecular formula is C19H17F3N2S. The molecule has 0 unspecified atom stereocenters. The van der Waals surface area contributed by atoms with Crippen molar-refractivity contribution in [2.75, 3.05) is 6.26 Å². The quantitative estimate of drug-likeness (QED) is 0.540. The summed E-state index contributed by atoms with van der Waals surface area (Å²) in [7, 11) is 0. The van der Waals surface area contributed by atoms with E-state index in [2.05, 4.69) is 5.10 Å². The summed E-state index contributed by atoms with van der Waals surface area (Å²) in [5.74, 6) is 0. The Balaban J connectivity index is 2.19. The van der Waals surface area contributed by atoms with Gasteiger partial charge in [-0.1, -0.05) is 23.8 Å². The number of thioether (sulfide) groups is 1. The molecule has 2 nitrogen and oxygen atoms in total. The van der Waals surface area contributed by atoms with Crippen LogP contribution < -0.4 is 0 Å². The van der Waals surface area contributed by atoms with Crippen LogP contribution in [0.15, 0.2) is 53.4 Å². The fourth-order valence-corrected chi connectivity index (χ4v) is 3.23. The minimum atomic E-state index is -4.49. The molecule has 0 saturated carbocycles. The van der Waals surface area contributed by atoms with Gasteiger partial charge >= 0.3 is 6.18 Å². The Labute approximate surface area is 148 Å². The Morgan fingerprint density at radius 2 is 1.64 bits per heavy atom. The number of hydrogen-bond donors (Lipinski definition) is 0. The topological polar surface area (TPSA) is 17.8 Å². The molecule has 0 spiro atoms. The fraction of sp³-hybridized carbons (Fsp3) is 0.211. The number of halogens is 3. The van der Waals surface area contributed by atoms with E-state index >= 15 is 0 Å². The molecule has 0 amide bonds. The summed E-state index contributed by atoms with van der Waals surface area (Å²) in [6.07, 6.45) is -2.51. The van der Waals surface area contributed by atoms with Gasteiger partial charge in [-0.25, -0.2) is 4.68 Å². The second kappa shape index (κ2) is 6.59. The molecule has 0 aliphatic carbocycles. The van der Waals surface area contributed by atoms with Gasteiger partial charge in [0.15, 0.2) is 5.69 Å². The molecule has 0 N–H and O–H groups in total. The lowest BCUT2D eigenvalue weighted by atomic mass is 10.1. The summed E-state index contributed by atoms with van der Waals surface area (Å²) >= 11 is 1.61. The highest BCUT2D eigenvalue weighted by molar-refractivity contribution is 7.98. The van der Waals surface area contributed by atoms with Crippen molar-refractivity contribution in [3.05, 3.63) is 65.4 Å². The summed E-state index contributed by atoms with van der Waals surface area (Å²) in [5, 5.41) is 3.82. The third-order valence-corrected chi connectivity index (χ3v) is 4.87. The summed E-state index contributed by atoms with van der Waals surface area (Å²) in [6, 6.07) is 14.0. The van der Waals surface area contributed by atoms with Crippen molar-refractivity contribution >= 4 is 11.8 Å². The SMILES string of the molecule is CSc1ccc(-c2cc(C(F)(F)F)nn2-c2ccc(C)cc2)cc1C. The second-order valence-corrected chi connectivity index (χ2v) is 6.69. The van der Waals surface area contributed by atoms with E-state index < -0.39 is 11.9 Å². The Morgan fingerprint density at radius 1 is 0.960 bits per heavy atom. The van der Waals surface area contributed by atoms with Gasteiger partial charge in [-0.2, -0.15) is 18.3 Å².